The van der Waals surface area contributed by atoms with Gasteiger partial charge < -0.3 is 25.0 Å². The molecule has 0 aromatic heterocycles. The molecule has 0 radical (unpaired) electrons. The predicted molar refractivity (Wildman–Crippen MR) is 130 cm³/mol. The lowest BCUT2D eigenvalue weighted by atomic mass is 9.89. The molecule has 180 valence electrons. The van der Waals surface area contributed by atoms with E-state index in [0.717, 1.165) is 63.8 Å². The van der Waals surface area contributed by atoms with Gasteiger partial charge in [0.1, 0.15) is 5.60 Å². The topological polar surface area (TPSA) is 87.2 Å². The number of amides is 1. The van der Waals surface area contributed by atoms with E-state index in [2.05, 4.69) is 41.9 Å². The van der Waals surface area contributed by atoms with Crippen LogP contribution in [-0.2, 0) is 15.9 Å². The number of guanidine groups is 1. The average Bonchev–Trinajstić information content (AvgIpc) is 2.72. The van der Waals surface area contributed by atoms with Crippen molar-refractivity contribution >= 4 is 17.7 Å². The van der Waals surface area contributed by atoms with E-state index in [0.29, 0.717) is 0 Å². The number of anilines is 1. The highest BCUT2D eigenvalue weighted by atomic mass is 16.6. The van der Waals surface area contributed by atoms with Gasteiger partial charge in [0.15, 0.2) is 5.96 Å². The molecule has 8 nitrogen and oxygen atoms in total. The molecule has 32 heavy (non-hydrogen) atoms. The fraction of sp³-hybridized carbons (Fsp3) is 0.667. The van der Waals surface area contributed by atoms with Gasteiger partial charge in [-0.05, 0) is 78.7 Å². The molecule has 0 aliphatic carbocycles. The highest BCUT2D eigenvalue weighted by Gasteiger charge is 2.34. The molecule has 1 aromatic rings. The van der Waals surface area contributed by atoms with Gasteiger partial charge in [-0.15, -0.1) is 0 Å². The summed E-state index contributed by atoms with van der Waals surface area (Å²) >= 11 is 0. The third-order valence-electron chi connectivity index (χ3n) is 5.55. The van der Waals surface area contributed by atoms with Crippen molar-refractivity contribution in [2.24, 2.45) is 4.99 Å². The summed E-state index contributed by atoms with van der Waals surface area (Å²) in [6, 6.07) is 7.82. The minimum atomic E-state index is -0.515. The number of likely N-dealkylation sites (N-methyl/N-ethyl adjacent to an activating group) is 1. The number of carbonyl (C=O) groups is 1. The molecular formula is C24H41N5O3. The molecule has 3 N–H and O–H groups in total. The van der Waals surface area contributed by atoms with E-state index in [9.17, 15) is 4.79 Å². The third-order valence-corrected chi connectivity index (χ3v) is 5.55. The molecule has 0 unspecified atom stereocenters. The van der Waals surface area contributed by atoms with Crippen LogP contribution in [0.25, 0.3) is 0 Å². The molecule has 1 aliphatic heterocycles. The van der Waals surface area contributed by atoms with Crippen molar-refractivity contribution in [1.29, 1.82) is 0 Å². The zero-order valence-electron chi connectivity index (χ0n) is 20.6. The number of aliphatic imine (C=N–C) groups is 1. The van der Waals surface area contributed by atoms with Gasteiger partial charge in [-0.2, -0.15) is 0 Å². The quantitative estimate of drug-likeness (QED) is 0.419. The molecule has 0 bridgehead atoms. The molecule has 1 fully saturated rings. The Morgan fingerprint density at radius 1 is 1.16 bits per heavy atom. The molecule has 1 aromatic carbocycles. The number of ether oxygens (including phenoxy) is 2. The number of hydrogen-bond acceptors (Lipinski definition) is 5. The van der Waals surface area contributed by atoms with Crippen LogP contribution >= 0.6 is 0 Å². The van der Waals surface area contributed by atoms with E-state index >= 15 is 0 Å². The first-order valence-electron chi connectivity index (χ1n) is 11.5. The summed E-state index contributed by atoms with van der Waals surface area (Å²) in [5.41, 5.74) is 1.43. The van der Waals surface area contributed by atoms with E-state index < -0.39 is 11.7 Å². The lowest BCUT2D eigenvalue weighted by Gasteiger charge is -2.41. The molecule has 0 spiro atoms. The van der Waals surface area contributed by atoms with Crippen LogP contribution < -0.4 is 16.0 Å². The largest absolute Gasteiger partial charge is 0.444 e. The summed E-state index contributed by atoms with van der Waals surface area (Å²) in [6.45, 7) is 11.5. The van der Waals surface area contributed by atoms with Crippen LogP contribution in [0.5, 0.6) is 0 Å². The first kappa shape index (κ1) is 25.9. The minimum Gasteiger partial charge on any atom is -0.444 e. The average molecular weight is 448 g/mol. The first-order valence-corrected chi connectivity index (χ1v) is 11.5. The summed E-state index contributed by atoms with van der Waals surface area (Å²) in [5.74, 6) is 0.837. The maximum Gasteiger partial charge on any atom is 0.412 e. The predicted octanol–water partition coefficient (Wildman–Crippen LogP) is 3.24. The van der Waals surface area contributed by atoms with Gasteiger partial charge in [0.25, 0.3) is 0 Å². The van der Waals surface area contributed by atoms with Gasteiger partial charge in [0.05, 0.1) is 6.54 Å². The Bertz CT molecular complexity index is 735. The number of nitrogens with zero attached hydrogens (tertiary/aromatic N) is 2. The number of carbonyl (C=O) groups excluding carboxylic acids is 1. The second-order valence-corrected chi connectivity index (χ2v) is 9.43. The zero-order valence-corrected chi connectivity index (χ0v) is 20.6. The Morgan fingerprint density at radius 3 is 2.38 bits per heavy atom. The van der Waals surface area contributed by atoms with Gasteiger partial charge in [-0.3, -0.25) is 10.3 Å². The van der Waals surface area contributed by atoms with E-state index in [-0.39, 0.29) is 5.54 Å². The number of nitrogens with one attached hydrogen (secondary N) is 3. The van der Waals surface area contributed by atoms with Crippen LogP contribution in [0.1, 0.15) is 46.1 Å². The lowest BCUT2D eigenvalue weighted by Crippen LogP contribution is -2.51. The highest BCUT2D eigenvalue weighted by Crippen LogP contribution is 2.26. The number of hydrogen-bond donors (Lipinski definition) is 3. The Balaban J connectivity index is 1.86. The molecule has 8 heteroatoms. The van der Waals surface area contributed by atoms with Crippen LogP contribution in [0, 0.1) is 0 Å². The van der Waals surface area contributed by atoms with Crippen molar-refractivity contribution < 1.29 is 14.3 Å². The monoisotopic (exact) mass is 447 g/mol. The van der Waals surface area contributed by atoms with Crippen molar-refractivity contribution in [3.05, 3.63) is 29.8 Å². The summed E-state index contributed by atoms with van der Waals surface area (Å²) in [7, 11) is 4.26. The molecule has 1 heterocycles. The summed E-state index contributed by atoms with van der Waals surface area (Å²) in [4.78, 5) is 19.0. The van der Waals surface area contributed by atoms with Crippen molar-refractivity contribution in [3.63, 3.8) is 0 Å². The van der Waals surface area contributed by atoms with Crippen molar-refractivity contribution in [2.45, 2.75) is 58.1 Å². The SMILES string of the molecule is CCNC(=NCC1(N(C)C)CCOCC1)NCCc1ccc(NC(=O)OC(C)(C)C)cc1. The maximum absolute atomic E-state index is 11.9. The van der Waals surface area contributed by atoms with Crippen molar-refractivity contribution in [2.75, 3.05) is 52.3 Å². The fourth-order valence-electron chi connectivity index (χ4n) is 3.57. The zero-order chi connectivity index (χ0) is 23.6. The lowest BCUT2D eigenvalue weighted by molar-refractivity contribution is -0.00254. The van der Waals surface area contributed by atoms with Gasteiger partial charge in [-0.25, -0.2) is 4.79 Å². The number of benzene rings is 1. The van der Waals surface area contributed by atoms with Crippen LogP contribution in [0.4, 0.5) is 10.5 Å². The van der Waals surface area contributed by atoms with Gasteiger partial charge in [-0.1, -0.05) is 12.1 Å². The van der Waals surface area contributed by atoms with E-state index in [1.54, 1.807) is 0 Å². The van der Waals surface area contributed by atoms with Crippen LogP contribution in [0.2, 0.25) is 0 Å². The summed E-state index contributed by atoms with van der Waals surface area (Å²) in [6.07, 6.45) is 2.39. The van der Waals surface area contributed by atoms with Crippen LogP contribution in [0.15, 0.2) is 29.3 Å². The third kappa shape index (κ3) is 8.67. The minimum absolute atomic E-state index is 0.0531. The molecule has 0 atom stereocenters. The summed E-state index contributed by atoms with van der Waals surface area (Å²) < 4.78 is 10.8. The highest BCUT2D eigenvalue weighted by molar-refractivity contribution is 5.84. The normalized spacial score (nSPS) is 16.5. The van der Waals surface area contributed by atoms with Crippen LogP contribution in [0.3, 0.4) is 0 Å². The fourth-order valence-corrected chi connectivity index (χ4v) is 3.57. The second-order valence-electron chi connectivity index (χ2n) is 9.43. The number of rotatable bonds is 8. The molecule has 1 saturated heterocycles. The Morgan fingerprint density at radius 2 is 1.81 bits per heavy atom. The maximum atomic E-state index is 11.9. The first-order chi connectivity index (χ1) is 15.1. The van der Waals surface area contributed by atoms with Crippen LogP contribution in [-0.4, -0.2) is 75.0 Å². The molecule has 0 saturated carbocycles. The Labute approximate surface area is 193 Å². The standard InChI is InChI=1S/C24H41N5O3/c1-7-25-21(27-18-24(29(5)6)13-16-31-17-14-24)26-15-12-19-8-10-20(11-9-19)28-22(30)32-23(2,3)4/h8-11H,7,12-18H2,1-6H3,(H,28,30)(H2,25,26,27). The van der Waals surface area contributed by atoms with Gasteiger partial charge in [0, 0.05) is 37.5 Å². The molecule has 2 rings (SSSR count). The van der Waals surface area contributed by atoms with Crippen molar-refractivity contribution in [3.8, 4) is 0 Å². The van der Waals surface area contributed by atoms with Crippen molar-refractivity contribution in [1.82, 2.24) is 15.5 Å². The van der Waals surface area contributed by atoms with Gasteiger partial charge in [0.2, 0.25) is 0 Å². The molecule has 1 amide bonds. The molecule has 1 aliphatic rings. The van der Waals surface area contributed by atoms with Gasteiger partial charge >= 0.3 is 6.09 Å². The van der Waals surface area contributed by atoms with E-state index in [4.69, 9.17) is 14.5 Å². The summed E-state index contributed by atoms with van der Waals surface area (Å²) in [5, 5.41) is 9.54. The Hall–Kier alpha value is -2.32. The second kappa shape index (κ2) is 12.1. The Kier molecular flexibility index (Phi) is 9.78. The smallest absolute Gasteiger partial charge is 0.412 e. The van der Waals surface area contributed by atoms with E-state index in [1.807, 2.05) is 45.0 Å². The van der Waals surface area contributed by atoms with E-state index in [1.165, 1.54) is 5.56 Å². The molecular weight excluding hydrogens is 406 g/mol.